The van der Waals surface area contributed by atoms with Crippen LogP contribution >= 0.6 is 0 Å². The Labute approximate surface area is 192 Å². The van der Waals surface area contributed by atoms with E-state index in [1.807, 2.05) is 0 Å². The molecule has 3 aliphatic rings. The number of amides is 5. The Hall–Kier alpha value is -3.58. The lowest BCUT2D eigenvalue weighted by molar-refractivity contribution is -0.153. The highest BCUT2D eigenvalue weighted by atomic mass is 19.1. The number of imide groups is 2. The summed E-state index contributed by atoms with van der Waals surface area (Å²) >= 11 is 0. The minimum atomic E-state index is -1.77. The summed E-state index contributed by atoms with van der Waals surface area (Å²) in [7, 11) is 2.65. The molecule has 0 radical (unpaired) electrons. The average molecular weight is 475 g/mol. The molecule has 5 rings (SSSR count). The SMILES string of the molecule is CON(C)C(=O)c1noc2c(F)c3c(cc12)CC1(C(=O)NC(=O)NC1=O)[C@H]1[C@H](C)O[C@H](C)CN31. The van der Waals surface area contributed by atoms with Crippen molar-refractivity contribution < 1.29 is 37.7 Å². The fourth-order valence-corrected chi connectivity index (χ4v) is 5.33. The lowest BCUT2D eigenvalue weighted by Gasteiger charge is -2.55. The number of nitrogens with zero attached hydrogens (tertiary/aromatic N) is 3. The first-order valence-electron chi connectivity index (χ1n) is 10.6. The molecule has 34 heavy (non-hydrogen) atoms. The molecule has 13 heteroatoms. The molecule has 180 valence electrons. The smallest absolute Gasteiger partial charge is 0.328 e. The Morgan fingerprint density at radius 1 is 1.29 bits per heavy atom. The van der Waals surface area contributed by atoms with Crippen molar-refractivity contribution >= 4 is 40.4 Å². The Balaban J connectivity index is 1.75. The van der Waals surface area contributed by atoms with Crippen LogP contribution < -0.4 is 15.5 Å². The van der Waals surface area contributed by atoms with Crippen LogP contribution in [0.3, 0.4) is 0 Å². The number of barbiturate groups is 1. The summed E-state index contributed by atoms with van der Waals surface area (Å²) in [5.41, 5.74) is -1.77. The first-order valence-corrected chi connectivity index (χ1v) is 10.6. The highest BCUT2D eigenvalue weighted by Crippen LogP contribution is 2.49. The van der Waals surface area contributed by atoms with Crippen molar-refractivity contribution in [1.29, 1.82) is 0 Å². The molecule has 2 aromatic rings. The lowest BCUT2D eigenvalue weighted by atomic mass is 9.66. The number of halogens is 1. The van der Waals surface area contributed by atoms with Crippen LogP contribution in [0.1, 0.15) is 29.9 Å². The van der Waals surface area contributed by atoms with Crippen molar-refractivity contribution in [3.8, 4) is 0 Å². The molecule has 1 aromatic heterocycles. The normalized spacial score (nSPS) is 25.6. The van der Waals surface area contributed by atoms with Crippen LogP contribution in [-0.4, -0.2) is 72.9 Å². The van der Waals surface area contributed by atoms with Crippen LogP contribution in [-0.2, 0) is 25.6 Å². The van der Waals surface area contributed by atoms with Gasteiger partial charge >= 0.3 is 6.03 Å². The highest BCUT2D eigenvalue weighted by Gasteiger charge is 2.63. The molecule has 1 spiro atoms. The number of carbonyl (C=O) groups excluding carboxylic acids is 4. The van der Waals surface area contributed by atoms with Crippen molar-refractivity contribution in [2.24, 2.45) is 5.41 Å². The van der Waals surface area contributed by atoms with Gasteiger partial charge in [-0.2, -0.15) is 0 Å². The summed E-state index contributed by atoms with van der Waals surface area (Å²) in [5.74, 6) is -3.04. The zero-order chi connectivity index (χ0) is 24.5. The van der Waals surface area contributed by atoms with E-state index in [0.717, 1.165) is 5.06 Å². The van der Waals surface area contributed by atoms with Crippen molar-refractivity contribution in [3.05, 3.63) is 23.1 Å². The largest absolute Gasteiger partial charge is 0.372 e. The maximum absolute atomic E-state index is 15.9. The Morgan fingerprint density at radius 3 is 2.62 bits per heavy atom. The first-order chi connectivity index (χ1) is 16.1. The standard InChI is InChI=1S/C21H22FN5O7/c1-8-7-27-14-10(5-11-13(17(28)26(3)32-4)25-34-15(11)12(14)22)6-21(16(27)9(2)33-8)18(29)23-20(31)24-19(21)30/h5,8-9,16H,6-7H2,1-4H3,(H2,23,24,29,30,31)/t8-,9+,16-/m1/s1. The van der Waals surface area contributed by atoms with E-state index in [-0.39, 0.29) is 41.4 Å². The van der Waals surface area contributed by atoms with Gasteiger partial charge in [0.15, 0.2) is 16.9 Å². The molecule has 2 N–H and O–H groups in total. The van der Waals surface area contributed by atoms with Crippen molar-refractivity contribution in [1.82, 2.24) is 20.9 Å². The number of carbonyl (C=O) groups is 4. The molecule has 0 bridgehead atoms. The van der Waals surface area contributed by atoms with Gasteiger partial charge in [0.05, 0.1) is 36.4 Å². The van der Waals surface area contributed by atoms with Gasteiger partial charge in [-0.3, -0.25) is 29.9 Å². The molecule has 12 nitrogen and oxygen atoms in total. The van der Waals surface area contributed by atoms with E-state index >= 15 is 4.39 Å². The predicted molar refractivity (Wildman–Crippen MR) is 112 cm³/mol. The van der Waals surface area contributed by atoms with E-state index in [2.05, 4.69) is 15.8 Å². The summed E-state index contributed by atoms with van der Waals surface area (Å²) in [4.78, 5) is 57.4. The van der Waals surface area contributed by atoms with Crippen LogP contribution in [0.25, 0.3) is 11.0 Å². The molecular formula is C21H22FN5O7. The topological polar surface area (TPSA) is 143 Å². The van der Waals surface area contributed by atoms with Crippen LogP contribution in [0.15, 0.2) is 10.6 Å². The predicted octanol–water partition coefficient (Wildman–Crippen LogP) is 0.491. The number of aromatic nitrogens is 1. The van der Waals surface area contributed by atoms with E-state index in [1.165, 1.54) is 20.2 Å². The number of hydroxylamine groups is 2. The molecule has 5 amide bonds. The molecule has 0 unspecified atom stereocenters. The zero-order valence-corrected chi connectivity index (χ0v) is 18.8. The Kier molecular flexibility index (Phi) is 4.88. The second-order valence-corrected chi connectivity index (χ2v) is 8.73. The van der Waals surface area contributed by atoms with Crippen molar-refractivity contribution in [2.75, 3.05) is 25.6 Å². The molecule has 0 aliphatic carbocycles. The van der Waals surface area contributed by atoms with Crippen LogP contribution in [0.5, 0.6) is 0 Å². The van der Waals surface area contributed by atoms with Crippen LogP contribution in [0, 0.1) is 11.2 Å². The summed E-state index contributed by atoms with van der Waals surface area (Å²) in [6.07, 6.45) is -1.23. The third-order valence-electron chi connectivity index (χ3n) is 6.73. The van der Waals surface area contributed by atoms with Gasteiger partial charge in [0.25, 0.3) is 5.91 Å². The third kappa shape index (κ3) is 2.86. The molecule has 3 aliphatic heterocycles. The fraction of sp³-hybridized carbons (Fsp3) is 0.476. The van der Waals surface area contributed by atoms with Crippen molar-refractivity contribution in [2.45, 2.75) is 38.5 Å². The van der Waals surface area contributed by atoms with Crippen LogP contribution in [0.2, 0.25) is 0 Å². The molecule has 2 fully saturated rings. The number of ether oxygens (including phenoxy) is 1. The molecule has 2 saturated heterocycles. The van der Waals surface area contributed by atoms with E-state index in [9.17, 15) is 19.2 Å². The number of fused-ring (bicyclic) bond motifs is 5. The molecular weight excluding hydrogens is 453 g/mol. The number of nitrogens with one attached hydrogen (secondary N) is 2. The summed E-state index contributed by atoms with van der Waals surface area (Å²) in [6.45, 7) is 3.66. The summed E-state index contributed by atoms with van der Waals surface area (Å²) in [6, 6.07) is -0.340. The van der Waals surface area contributed by atoms with E-state index in [4.69, 9.17) is 14.1 Å². The lowest BCUT2D eigenvalue weighted by Crippen LogP contribution is -2.75. The van der Waals surface area contributed by atoms with Gasteiger partial charge in [0.2, 0.25) is 17.4 Å². The van der Waals surface area contributed by atoms with E-state index in [1.54, 1.807) is 18.7 Å². The highest BCUT2D eigenvalue weighted by molar-refractivity contribution is 6.20. The number of hydrogen-bond donors (Lipinski definition) is 2. The Bertz CT molecular complexity index is 1240. The van der Waals surface area contributed by atoms with Gasteiger partial charge < -0.3 is 14.2 Å². The minimum Gasteiger partial charge on any atom is -0.372 e. The second kappa shape index (κ2) is 7.46. The van der Waals surface area contributed by atoms with Crippen molar-refractivity contribution in [3.63, 3.8) is 0 Å². The van der Waals surface area contributed by atoms with Gasteiger partial charge in [0, 0.05) is 20.0 Å². The van der Waals surface area contributed by atoms with E-state index in [0.29, 0.717) is 5.56 Å². The first kappa shape index (κ1) is 22.2. The number of rotatable bonds is 2. The Morgan fingerprint density at radius 2 is 1.97 bits per heavy atom. The number of morpholine rings is 1. The zero-order valence-electron chi connectivity index (χ0n) is 18.8. The summed E-state index contributed by atoms with van der Waals surface area (Å²) < 4.78 is 27.0. The number of anilines is 1. The summed E-state index contributed by atoms with van der Waals surface area (Å²) in [5, 5.41) is 9.06. The monoisotopic (exact) mass is 475 g/mol. The quantitative estimate of drug-likeness (QED) is 0.468. The average Bonchev–Trinajstić information content (AvgIpc) is 3.19. The maximum atomic E-state index is 15.9. The van der Waals surface area contributed by atoms with Gasteiger partial charge in [-0.1, -0.05) is 5.16 Å². The molecule has 4 heterocycles. The number of urea groups is 1. The minimum absolute atomic E-state index is 0.0702. The fourth-order valence-electron chi connectivity index (χ4n) is 5.33. The third-order valence-corrected chi connectivity index (χ3v) is 6.73. The molecule has 3 atom stereocenters. The second-order valence-electron chi connectivity index (χ2n) is 8.73. The van der Waals surface area contributed by atoms with Gasteiger partial charge in [0.1, 0.15) is 0 Å². The van der Waals surface area contributed by atoms with Gasteiger partial charge in [-0.05, 0) is 25.5 Å². The van der Waals surface area contributed by atoms with Gasteiger partial charge in [-0.15, -0.1) is 0 Å². The van der Waals surface area contributed by atoms with Crippen LogP contribution in [0.4, 0.5) is 14.9 Å². The number of benzene rings is 1. The molecule has 0 saturated carbocycles. The van der Waals surface area contributed by atoms with Gasteiger partial charge in [-0.25, -0.2) is 14.2 Å². The molecule has 1 aromatic carbocycles. The maximum Gasteiger partial charge on any atom is 0.328 e. The van der Waals surface area contributed by atoms with E-state index < -0.39 is 47.1 Å². The number of hydrogen-bond acceptors (Lipinski definition) is 9.